The van der Waals surface area contributed by atoms with Crippen LogP contribution >= 0.6 is 22.7 Å². The van der Waals surface area contributed by atoms with Crippen LogP contribution in [-0.4, -0.2) is 30.7 Å². The lowest BCUT2D eigenvalue weighted by Crippen LogP contribution is -2.26. The summed E-state index contributed by atoms with van der Waals surface area (Å²) in [5, 5.41) is 4.86. The van der Waals surface area contributed by atoms with Crippen molar-refractivity contribution in [3.63, 3.8) is 0 Å². The first-order valence-electron chi connectivity index (χ1n) is 12.8. The van der Waals surface area contributed by atoms with E-state index in [2.05, 4.69) is 11.4 Å². The molecule has 5 aromatic rings. The Kier molecular flexibility index (Phi) is 7.07. The number of aromatic nitrogens is 1. The van der Waals surface area contributed by atoms with Crippen LogP contribution in [-0.2, 0) is 29.4 Å². The normalized spacial score (nSPS) is 13.5. The van der Waals surface area contributed by atoms with Crippen molar-refractivity contribution < 1.29 is 13.2 Å². The maximum atomic E-state index is 13.3. The van der Waals surface area contributed by atoms with Crippen LogP contribution in [0.5, 0.6) is 0 Å². The van der Waals surface area contributed by atoms with Crippen molar-refractivity contribution in [2.45, 2.75) is 37.1 Å². The highest BCUT2D eigenvalue weighted by molar-refractivity contribution is 7.89. The number of carbonyl (C=O) groups excluding carboxylic acids is 1. The van der Waals surface area contributed by atoms with Gasteiger partial charge in [0.1, 0.15) is 10.0 Å². The summed E-state index contributed by atoms with van der Waals surface area (Å²) in [5.41, 5.74) is 4.59. The van der Waals surface area contributed by atoms with E-state index >= 15 is 0 Å². The molecule has 6 nitrogen and oxygen atoms in total. The summed E-state index contributed by atoms with van der Waals surface area (Å²) in [7, 11) is -2.14. The van der Waals surface area contributed by atoms with Crippen LogP contribution in [0.1, 0.15) is 39.2 Å². The number of anilines is 1. The number of hydrogen-bond acceptors (Lipinski definition) is 6. The number of benzene rings is 3. The zero-order valence-electron chi connectivity index (χ0n) is 21.4. The number of amides is 1. The van der Waals surface area contributed by atoms with Crippen LogP contribution in [0, 0.1) is 0 Å². The van der Waals surface area contributed by atoms with Crippen molar-refractivity contribution in [2.24, 2.45) is 0 Å². The fraction of sp³-hybridized carbons (Fsp3) is 0.200. The van der Waals surface area contributed by atoms with E-state index in [0.717, 1.165) is 57.0 Å². The van der Waals surface area contributed by atoms with E-state index in [1.165, 1.54) is 26.9 Å². The Morgan fingerprint density at radius 1 is 0.923 bits per heavy atom. The summed E-state index contributed by atoms with van der Waals surface area (Å²) in [4.78, 5) is 19.7. The lowest BCUT2D eigenvalue weighted by molar-refractivity contribution is 0.102. The molecule has 0 fully saturated rings. The fourth-order valence-corrected chi connectivity index (χ4v) is 8.47. The quantitative estimate of drug-likeness (QED) is 0.228. The molecule has 39 heavy (non-hydrogen) atoms. The molecule has 0 spiro atoms. The predicted octanol–water partition coefficient (Wildman–Crippen LogP) is 6.98. The Hall–Kier alpha value is -3.37. The smallest absolute Gasteiger partial charge is 0.256 e. The number of para-hydroxylation sites is 1. The van der Waals surface area contributed by atoms with Crippen LogP contribution in [0.25, 0.3) is 20.8 Å². The Morgan fingerprint density at radius 3 is 2.41 bits per heavy atom. The van der Waals surface area contributed by atoms with E-state index in [-0.39, 0.29) is 17.3 Å². The minimum Gasteiger partial charge on any atom is -0.313 e. The topological polar surface area (TPSA) is 79.4 Å². The molecular weight excluding hydrogens is 547 g/mol. The molecule has 2 aromatic heterocycles. The van der Waals surface area contributed by atoms with Crippen molar-refractivity contribution in [1.29, 1.82) is 0 Å². The molecule has 0 saturated heterocycles. The van der Waals surface area contributed by atoms with Crippen molar-refractivity contribution in [1.82, 2.24) is 9.29 Å². The molecule has 0 bridgehead atoms. The van der Waals surface area contributed by atoms with E-state index in [9.17, 15) is 13.2 Å². The van der Waals surface area contributed by atoms with Crippen molar-refractivity contribution in [3.8, 4) is 10.6 Å². The second kappa shape index (κ2) is 10.7. The molecule has 0 saturated carbocycles. The van der Waals surface area contributed by atoms with E-state index in [1.54, 1.807) is 41.9 Å². The highest BCUT2D eigenvalue weighted by atomic mass is 32.2. The summed E-state index contributed by atoms with van der Waals surface area (Å²) < 4.78 is 28.7. The van der Waals surface area contributed by atoms with Gasteiger partial charge in [-0.05, 0) is 73.2 Å². The Morgan fingerprint density at radius 2 is 1.64 bits per heavy atom. The molecule has 0 atom stereocenters. The van der Waals surface area contributed by atoms with Crippen LogP contribution in [0.4, 0.5) is 5.00 Å². The van der Waals surface area contributed by atoms with Gasteiger partial charge in [-0.25, -0.2) is 13.4 Å². The number of fused-ring (bicyclic) bond motifs is 2. The number of thiophene rings is 1. The Bertz CT molecular complexity index is 1720. The van der Waals surface area contributed by atoms with E-state index in [4.69, 9.17) is 4.98 Å². The molecule has 6 rings (SSSR count). The van der Waals surface area contributed by atoms with Gasteiger partial charge in [-0.15, -0.1) is 22.7 Å². The zero-order valence-corrected chi connectivity index (χ0v) is 23.8. The molecular formula is C30H27N3O3S3. The molecule has 3 aromatic carbocycles. The largest absolute Gasteiger partial charge is 0.313 e. The van der Waals surface area contributed by atoms with E-state index in [0.29, 0.717) is 5.56 Å². The summed E-state index contributed by atoms with van der Waals surface area (Å²) in [5.74, 6) is -0.266. The molecule has 1 aliphatic rings. The van der Waals surface area contributed by atoms with Gasteiger partial charge in [-0.1, -0.05) is 42.5 Å². The van der Waals surface area contributed by atoms with E-state index in [1.807, 2.05) is 48.5 Å². The van der Waals surface area contributed by atoms with Crippen molar-refractivity contribution >= 4 is 53.8 Å². The maximum Gasteiger partial charge on any atom is 0.256 e. The summed E-state index contributed by atoms with van der Waals surface area (Å²) >= 11 is 3.28. The first-order chi connectivity index (χ1) is 18.9. The highest BCUT2D eigenvalue weighted by Crippen LogP contribution is 2.46. The number of aryl methyl sites for hydroxylation is 1. The molecule has 1 amide bonds. The minimum absolute atomic E-state index is 0.152. The molecule has 0 radical (unpaired) electrons. The number of hydrogen-bond donors (Lipinski definition) is 1. The highest BCUT2D eigenvalue weighted by Gasteiger charge is 2.26. The second-order valence-electron chi connectivity index (χ2n) is 9.63. The fourth-order valence-electron chi connectivity index (χ4n) is 4.92. The van der Waals surface area contributed by atoms with Gasteiger partial charge in [-0.3, -0.25) is 4.79 Å². The number of rotatable bonds is 7. The second-order valence-corrected chi connectivity index (χ2v) is 13.8. The average Bonchev–Trinajstić information content (AvgIpc) is 3.54. The van der Waals surface area contributed by atoms with Gasteiger partial charge < -0.3 is 5.32 Å². The van der Waals surface area contributed by atoms with Gasteiger partial charge in [0.05, 0.1) is 15.1 Å². The maximum absolute atomic E-state index is 13.3. The van der Waals surface area contributed by atoms with E-state index < -0.39 is 10.0 Å². The van der Waals surface area contributed by atoms with Crippen molar-refractivity contribution in [2.75, 3.05) is 12.4 Å². The molecule has 198 valence electrons. The molecule has 1 aliphatic carbocycles. The number of carbonyl (C=O) groups is 1. The number of nitrogens with one attached hydrogen (secondary N) is 1. The number of sulfonamides is 1. The van der Waals surface area contributed by atoms with Crippen LogP contribution in [0.3, 0.4) is 0 Å². The van der Waals surface area contributed by atoms with Gasteiger partial charge in [-0.2, -0.15) is 4.31 Å². The summed E-state index contributed by atoms with van der Waals surface area (Å²) in [6.07, 6.45) is 4.27. The minimum atomic E-state index is -3.70. The first kappa shape index (κ1) is 25.9. The number of thiazole rings is 1. The Labute approximate surface area is 236 Å². The van der Waals surface area contributed by atoms with Gasteiger partial charge in [0.2, 0.25) is 10.0 Å². The van der Waals surface area contributed by atoms with Crippen LogP contribution in [0.15, 0.2) is 83.8 Å². The third kappa shape index (κ3) is 5.15. The molecule has 2 heterocycles. The third-order valence-electron chi connectivity index (χ3n) is 6.98. The van der Waals surface area contributed by atoms with Crippen LogP contribution in [0.2, 0.25) is 0 Å². The van der Waals surface area contributed by atoms with Crippen LogP contribution < -0.4 is 5.32 Å². The van der Waals surface area contributed by atoms with Gasteiger partial charge in [0.15, 0.2) is 0 Å². The first-order valence-corrected chi connectivity index (χ1v) is 15.9. The standard InChI is InChI=1S/C30H27N3O3S3/c1-33(19-20-9-3-2-4-10-20)39(35,36)22-17-15-21(16-18-22)28(34)32-30-27(23-11-5-7-13-25(23)37-30)29-31-24-12-6-8-14-26(24)38-29/h2-4,6,8-10,12,14-18H,5,7,11,13,19H2,1H3,(H,32,34). The molecule has 0 unspecified atom stereocenters. The lowest BCUT2D eigenvalue weighted by atomic mass is 9.95. The van der Waals surface area contributed by atoms with Gasteiger partial charge in [0.25, 0.3) is 5.91 Å². The summed E-state index contributed by atoms with van der Waals surface area (Å²) in [6.45, 7) is 0.267. The monoisotopic (exact) mass is 573 g/mol. The molecule has 0 aliphatic heterocycles. The van der Waals surface area contributed by atoms with Gasteiger partial charge in [0, 0.05) is 29.6 Å². The SMILES string of the molecule is CN(Cc1ccccc1)S(=O)(=O)c1ccc(C(=O)Nc2sc3c(c2-c2nc4ccccc4s2)CCCC3)cc1. The predicted molar refractivity (Wildman–Crippen MR) is 159 cm³/mol. The number of nitrogens with zero attached hydrogens (tertiary/aromatic N) is 2. The Balaban J connectivity index is 1.25. The van der Waals surface area contributed by atoms with Gasteiger partial charge >= 0.3 is 0 Å². The lowest BCUT2D eigenvalue weighted by Gasteiger charge is -2.17. The average molecular weight is 574 g/mol. The molecule has 9 heteroatoms. The molecule has 1 N–H and O–H groups in total. The van der Waals surface area contributed by atoms with Crippen molar-refractivity contribution in [3.05, 3.63) is 100 Å². The summed E-state index contributed by atoms with van der Waals surface area (Å²) in [6, 6.07) is 23.7. The third-order valence-corrected chi connectivity index (χ3v) is 11.1. The zero-order chi connectivity index (χ0) is 27.0.